The molecular formula is C6H4BIN4. The first-order valence-corrected chi connectivity index (χ1v) is 4.31. The second-order valence-corrected chi connectivity index (χ2v) is 3.31. The van der Waals surface area contributed by atoms with Crippen LogP contribution in [-0.2, 0) is 0 Å². The molecule has 0 unspecified atom stereocenters. The lowest BCUT2D eigenvalue weighted by atomic mass is 10.1. The Morgan fingerprint density at radius 3 is 3.00 bits per heavy atom. The van der Waals surface area contributed by atoms with E-state index >= 15 is 0 Å². The highest BCUT2D eigenvalue weighted by atomic mass is 127. The lowest BCUT2D eigenvalue weighted by Gasteiger charge is -1.97. The summed E-state index contributed by atoms with van der Waals surface area (Å²) in [5.74, 6) is 0.450. The molecular weight excluding hydrogens is 266 g/mol. The van der Waals surface area contributed by atoms with E-state index in [1.807, 2.05) is 0 Å². The predicted octanol–water partition coefficient (Wildman–Crippen LogP) is -0.290. The van der Waals surface area contributed by atoms with Gasteiger partial charge in [-0.3, -0.25) is 0 Å². The molecule has 0 saturated heterocycles. The second kappa shape index (κ2) is 2.61. The third kappa shape index (κ3) is 0.978. The van der Waals surface area contributed by atoms with Crippen LogP contribution in [0.2, 0.25) is 0 Å². The highest BCUT2D eigenvalue weighted by Gasteiger charge is 2.07. The van der Waals surface area contributed by atoms with Gasteiger partial charge >= 0.3 is 0 Å². The SMILES string of the molecule is [B]c1nc(I)c2c(N)nccn12. The molecule has 4 nitrogen and oxygen atoms in total. The number of aromatic nitrogens is 3. The van der Waals surface area contributed by atoms with E-state index in [0.29, 0.717) is 11.5 Å². The van der Waals surface area contributed by atoms with E-state index < -0.39 is 0 Å². The molecule has 0 fully saturated rings. The van der Waals surface area contributed by atoms with Crippen LogP contribution in [0.4, 0.5) is 5.82 Å². The minimum Gasteiger partial charge on any atom is -0.382 e. The van der Waals surface area contributed by atoms with Crippen molar-refractivity contribution in [1.82, 2.24) is 14.4 Å². The standard InChI is InChI=1S/C6H4BIN4/c7-6-11-4(8)3-5(9)10-1-2-12(3)6/h1-2H,(H2,9,10). The van der Waals surface area contributed by atoms with E-state index in [4.69, 9.17) is 13.6 Å². The Kier molecular flexibility index (Phi) is 1.71. The third-order valence-corrected chi connectivity index (χ3v) is 2.32. The fourth-order valence-corrected chi connectivity index (χ4v) is 1.83. The molecule has 0 amide bonds. The van der Waals surface area contributed by atoms with Gasteiger partial charge in [-0.1, -0.05) is 0 Å². The van der Waals surface area contributed by atoms with Crippen LogP contribution in [0.1, 0.15) is 0 Å². The van der Waals surface area contributed by atoms with Crippen LogP contribution >= 0.6 is 22.6 Å². The van der Waals surface area contributed by atoms with Crippen molar-refractivity contribution in [2.75, 3.05) is 5.73 Å². The predicted molar refractivity (Wildman–Crippen MR) is 55.5 cm³/mol. The van der Waals surface area contributed by atoms with Gasteiger partial charge in [-0.05, 0) is 22.6 Å². The maximum absolute atomic E-state index is 5.64. The van der Waals surface area contributed by atoms with Crippen LogP contribution in [0.25, 0.3) is 5.52 Å². The normalized spacial score (nSPS) is 10.8. The molecule has 2 heterocycles. The van der Waals surface area contributed by atoms with Gasteiger partial charge in [-0.25, -0.2) is 9.97 Å². The summed E-state index contributed by atoms with van der Waals surface area (Å²) in [4.78, 5) is 8.00. The van der Waals surface area contributed by atoms with Gasteiger partial charge in [0, 0.05) is 12.4 Å². The summed E-state index contributed by atoms with van der Waals surface area (Å²) in [6.45, 7) is 0. The Morgan fingerprint density at radius 2 is 2.33 bits per heavy atom. The van der Waals surface area contributed by atoms with Crippen LogP contribution in [0.5, 0.6) is 0 Å². The molecule has 12 heavy (non-hydrogen) atoms. The van der Waals surface area contributed by atoms with E-state index in [2.05, 4.69) is 32.6 Å². The van der Waals surface area contributed by atoms with Gasteiger partial charge in [-0.2, -0.15) is 0 Å². The Labute approximate surface area is 83.7 Å². The zero-order valence-electron chi connectivity index (χ0n) is 6.03. The fraction of sp³-hybridized carbons (Fsp3) is 0. The molecule has 0 aromatic carbocycles. The Morgan fingerprint density at radius 1 is 1.58 bits per heavy atom. The van der Waals surface area contributed by atoms with Gasteiger partial charge in [0.2, 0.25) is 0 Å². The minimum atomic E-state index is 0.434. The van der Waals surface area contributed by atoms with E-state index in [1.165, 1.54) is 0 Å². The summed E-state index contributed by atoms with van der Waals surface area (Å²) in [6.07, 6.45) is 3.33. The molecule has 0 spiro atoms. The van der Waals surface area contributed by atoms with Gasteiger partial charge in [0.1, 0.15) is 15.0 Å². The largest absolute Gasteiger partial charge is 0.382 e. The van der Waals surface area contributed by atoms with E-state index in [1.54, 1.807) is 16.8 Å². The molecule has 0 bridgehead atoms. The summed E-state index contributed by atoms with van der Waals surface area (Å²) in [7, 11) is 5.61. The molecule has 58 valence electrons. The van der Waals surface area contributed by atoms with Crippen molar-refractivity contribution < 1.29 is 0 Å². The fourth-order valence-electron chi connectivity index (χ4n) is 1.04. The van der Waals surface area contributed by atoms with Crippen molar-refractivity contribution in [3.63, 3.8) is 0 Å². The van der Waals surface area contributed by atoms with Gasteiger partial charge < -0.3 is 10.1 Å². The minimum absolute atomic E-state index is 0.434. The van der Waals surface area contributed by atoms with E-state index in [-0.39, 0.29) is 0 Å². The number of rotatable bonds is 0. The molecule has 0 atom stereocenters. The number of nitrogen functional groups attached to an aromatic ring is 1. The highest BCUT2D eigenvalue weighted by molar-refractivity contribution is 14.1. The Balaban J connectivity index is 2.99. The molecule has 0 aliphatic rings. The number of imidazole rings is 1. The van der Waals surface area contributed by atoms with Crippen LogP contribution in [0, 0.1) is 3.70 Å². The summed E-state index contributed by atoms with van der Waals surface area (Å²) < 4.78 is 2.49. The molecule has 6 heteroatoms. The first-order valence-electron chi connectivity index (χ1n) is 3.23. The number of nitrogens with two attached hydrogens (primary N) is 1. The van der Waals surface area contributed by atoms with Crippen LogP contribution in [0.3, 0.4) is 0 Å². The van der Waals surface area contributed by atoms with Crippen molar-refractivity contribution in [3.8, 4) is 0 Å². The van der Waals surface area contributed by atoms with Crippen LogP contribution in [0.15, 0.2) is 12.4 Å². The molecule has 2 rings (SSSR count). The van der Waals surface area contributed by atoms with Gasteiger partial charge in [0.15, 0.2) is 7.85 Å². The van der Waals surface area contributed by atoms with Gasteiger partial charge in [0.25, 0.3) is 0 Å². The van der Waals surface area contributed by atoms with Crippen LogP contribution in [-0.4, -0.2) is 22.2 Å². The van der Waals surface area contributed by atoms with Crippen molar-refractivity contribution in [3.05, 3.63) is 16.1 Å². The number of hydrogen-bond acceptors (Lipinski definition) is 3. The van der Waals surface area contributed by atoms with Crippen molar-refractivity contribution in [1.29, 1.82) is 0 Å². The zero-order valence-corrected chi connectivity index (χ0v) is 8.19. The number of anilines is 1. The first-order chi connectivity index (χ1) is 5.70. The number of fused-ring (bicyclic) bond motifs is 1. The van der Waals surface area contributed by atoms with Crippen molar-refractivity contribution >= 4 is 47.5 Å². The number of hydrogen-bond donors (Lipinski definition) is 1. The molecule has 2 aromatic heterocycles. The Bertz CT molecular complexity index is 438. The summed E-state index contributed by atoms with van der Waals surface area (Å²) in [6, 6.07) is 0. The molecule has 0 saturated carbocycles. The van der Waals surface area contributed by atoms with E-state index in [0.717, 1.165) is 9.22 Å². The van der Waals surface area contributed by atoms with Gasteiger partial charge in [-0.15, -0.1) is 0 Å². The topological polar surface area (TPSA) is 56.2 Å². The highest BCUT2D eigenvalue weighted by Crippen LogP contribution is 2.14. The van der Waals surface area contributed by atoms with Crippen molar-refractivity contribution in [2.24, 2.45) is 0 Å². The number of nitrogens with zero attached hydrogens (tertiary/aromatic N) is 3. The van der Waals surface area contributed by atoms with E-state index in [9.17, 15) is 0 Å². The average molecular weight is 270 g/mol. The number of halogens is 1. The zero-order chi connectivity index (χ0) is 8.72. The monoisotopic (exact) mass is 270 g/mol. The molecule has 0 aliphatic heterocycles. The average Bonchev–Trinajstić information content (AvgIpc) is 2.29. The quantitative estimate of drug-likeness (QED) is 0.528. The summed E-state index contributed by atoms with van der Waals surface area (Å²) in [5, 5.41) is 0. The molecule has 0 aliphatic carbocycles. The molecule has 2 aromatic rings. The van der Waals surface area contributed by atoms with Gasteiger partial charge in [0.05, 0.1) is 5.72 Å². The van der Waals surface area contributed by atoms with Crippen molar-refractivity contribution in [2.45, 2.75) is 0 Å². The molecule has 2 radical (unpaired) electrons. The third-order valence-electron chi connectivity index (χ3n) is 1.57. The Hall–Kier alpha value is -0.785. The maximum atomic E-state index is 5.64. The summed E-state index contributed by atoms with van der Waals surface area (Å²) in [5.41, 5.74) is 6.85. The smallest absolute Gasteiger partial charge is 0.168 e. The lowest BCUT2D eigenvalue weighted by molar-refractivity contribution is 1.16. The van der Waals surface area contributed by atoms with Crippen LogP contribution < -0.4 is 11.5 Å². The second-order valence-electron chi connectivity index (χ2n) is 2.29. The first kappa shape index (κ1) is 7.84. The maximum Gasteiger partial charge on any atom is 0.168 e. The summed E-state index contributed by atoms with van der Waals surface area (Å²) >= 11 is 2.07. The lowest BCUT2D eigenvalue weighted by Crippen LogP contribution is -2.12. The molecule has 2 N–H and O–H groups in total.